The lowest BCUT2D eigenvalue weighted by atomic mass is 10.1. The summed E-state index contributed by atoms with van der Waals surface area (Å²) in [5, 5.41) is 18.9. The Kier molecular flexibility index (Phi) is 13.1. The van der Waals surface area contributed by atoms with Crippen LogP contribution in [0.1, 0.15) is 19.8 Å². The number of benzene rings is 2. The molecule has 0 saturated heterocycles. The number of carbonyl (C=O) groups is 3. The van der Waals surface area contributed by atoms with Crippen LogP contribution in [-0.4, -0.2) is 47.2 Å². The van der Waals surface area contributed by atoms with Crippen LogP contribution in [0.3, 0.4) is 0 Å². The maximum atomic E-state index is 10.3. The zero-order valence-corrected chi connectivity index (χ0v) is 16.6. The van der Waals surface area contributed by atoms with Gasteiger partial charge in [0.15, 0.2) is 0 Å². The Labute approximate surface area is 170 Å². The van der Waals surface area contributed by atoms with E-state index in [2.05, 4.69) is 53.8 Å². The molecule has 29 heavy (non-hydrogen) atoms. The van der Waals surface area contributed by atoms with Crippen molar-refractivity contribution in [3.8, 4) is 11.1 Å². The zero-order chi connectivity index (χ0) is 22.2. The Balaban J connectivity index is 0.000000431. The fourth-order valence-electron chi connectivity index (χ4n) is 1.94. The fraction of sp³-hybridized carbons (Fsp3) is 0.286. The molecule has 0 heterocycles. The second kappa shape index (κ2) is 14.8. The number of aliphatic carboxylic acids is 2. The molecule has 2 rings (SSSR count). The molecule has 0 aliphatic carbocycles. The molecule has 0 aromatic heterocycles. The average Bonchev–Trinajstić information content (AvgIpc) is 2.70. The normalized spacial score (nSPS) is 11.6. The Hall–Kier alpha value is -3.23. The van der Waals surface area contributed by atoms with Gasteiger partial charge in [-0.2, -0.15) is 0 Å². The quantitative estimate of drug-likeness (QED) is 0.471. The van der Waals surface area contributed by atoms with Crippen LogP contribution in [-0.2, 0) is 14.4 Å². The van der Waals surface area contributed by atoms with E-state index in [1.165, 1.54) is 25.1 Å². The first-order valence-electron chi connectivity index (χ1n) is 8.96. The third kappa shape index (κ3) is 12.7. The SMILES string of the molecule is CC(N)C(=O)O.CNC(CCC(N)=O)C(=O)O.c1ccc(-c2ccccc2)cc1. The predicted molar refractivity (Wildman–Crippen MR) is 112 cm³/mol. The molecule has 0 spiro atoms. The minimum atomic E-state index is -0.964. The van der Waals surface area contributed by atoms with Gasteiger partial charge in [-0.05, 0) is 31.5 Å². The second-order valence-corrected chi connectivity index (χ2v) is 6.04. The first-order chi connectivity index (χ1) is 13.7. The zero-order valence-electron chi connectivity index (χ0n) is 16.6. The number of likely N-dealkylation sites (N-methyl/N-ethyl adjacent to an activating group) is 1. The molecule has 0 fully saturated rings. The lowest BCUT2D eigenvalue weighted by Gasteiger charge is -2.08. The van der Waals surface area contributed by atoms with E-state index in [1.807, 2.05) is 12.1 Å². The number of carboxylic acids is 2. The van der Waals surface area contributed by atoms with E-state index >= 15 is 0 Å². The van der Waals surface area contributed by atoms with Crippen molar-refractivity contribution in [3.63, 3.8) is 0 Å². The summed E-state index contributed by atoms with van der Waals surface area (Å²) in [5.41, 5.74) is 12.2. The molecule has 0 bridgehead atoms. The van der Waals surface area contributed by atoms with Gasteiger partial charge >= 0.3 is 11.9 Å². The highest BCUT2D eigenvalue weighted by Crippen LogP contribution is 2.17. The molecule has 2 aromatic carbocycles. The summed E-state index contributed by atoms with van der Waals surface area (Å²) >= 11 is 0. The van der Waals surface area contributed by atoms with Crippen LogP contribution in [0.2, 0.25) is 0 Å². The number of nitrogens with one attached hydrogen (secondary N) is 1. The van der Waals surface area contributed by atoms with Gasteiger partial charge in [-0.1, -0.05) is 60.7 Å². The van der Waals surface area contributed by atoms with Crippen LogP contribution in [0.4, 0.5) is 0 Å². The van der Waals surface area contributed by atoms with E-state index in [1.54, 1.807) is 0 Å². The highest BCUT2D eigenvalue weighted by Gasteiger charge is 2.14. The van der Waals surface area contributed by atoms with Gasteiger partial charge in [-0.15, -0.1) is 0 Å². The fourth-order valence-corrected chi connectivity index (χ4v) is 1.94. The van der Waals surface area contributed by atoms with Gasteiger partial charge in [0.1, 0.15) is 12.1 Å². The third-order valence-corrected chi connectivity index (χ3v) is 3.60. The van der Waals surface area contributed by atoms with Gasteiger partial charge in [0.25, 0.3) is 0 Å². The number of hydrogen-bond acceptors (Lipinski definition) is 5. The standard InChI is InChI=1S/C12H10.C6H12N2O3.C3H7NO2/c1-3-7-11(8-4-1)12-9-5-2-6-10-12;1-8-4(6(10)11)2-3-5(7)9;1-2(4)3(5)6/h1-10H;4,8H,2-3H2,1H3,(H2,7,9)(H,10,11);2H,4H2,1H3,(H,5,6). The molecule has 7 N–H and O–H groups in total. The molecule has 0 saturated carbocycles. The van der Waals surface area contributed by atoms with Crippen molar-refractivity contribution >= 4 is 17.8 Å². The lowest BCUT2D eigenvalue weighted by Crippen LogP contribution is -2.34. The van der Waals surface area contributed by atoms with Gasteiger partial charge in [-0.3, -0.25) is 14.4 Å². The highest BCUT2D eigenvalue weighted by atomic mass is 16.4. The summed E-state index contributed by atoms with van der Waals surface area (Å²) in [4.78, 5) is 30.1. The maximum Gasteiger partial charge on any atom is 0.320 e. The van der Waals surface area contributed by atoms with E-state index in [0.29, 0.717) is 0 Å². The molecule has 8 nitrogen and oxygen atoms in total. The van der Waals surface area contributed by atoms with Crippen molar-refractivity contribution < 1.29 is 24.6 Å². The Morgan fingerprint density at radius 3 is 1.52 bits per heavy atom. The summed E-state index contributed by atoms with van der Waals surface area (Å²) in [6.07, 6.45) is 0.332. The Morgan fingerprint density at radius 2 is 1.28 bits per heavy atom. The topological polar surface area (TPSA) is 156 Å². The molecule has 158 valence electrons. The van der Waals surface area contributed by atoms with Crippen molar-refractivity contribution in [2.45, 2.75) is 31.8 Å². The van der Waals surface area contributed by atoms with Crippen LogP contribution in [0, 0.1) is 0 Å². The van der Waals surface area contributed by atoms with E-state index in [0.717, 1.165) is 0 Å². The Morgan fingerprint density at radius 1 is 0.897 bits per heavy atom. The molecular formula is C21H29N3O5. The van der Waals surface area contributed by atoms with Gasteiger partial charge in [0, 0.05) is 6.42 Å². The van der Waals surface area contributed by atoms with Crippen LogP contribution in [0.25, 0.3) is 11.1 Å². The van der Waals surface area contributed by atoms with E-state index < -0.39 is 29.9 Å². The van der Waals surface area contributed by atoms with E-state index in [9.17, 15) is 14.4 Å². The molecule has 0 aliphatic heterocycles. The summed E-state index contributed by atoms with van der Waals surface area (Å²) < 4.78 is 0. The van der Waals surface area contributed by atoms with Crippen molar-refractivity contribution in [3.05, 3.63) is 60.7 Å². The van der Waals surface area contributed by atoms with Crippen LogP contribution in [0.15, 0.2) is 60.7 Å². The maximum absolute atomic E-state index is 10.3. The number of amides is 1. The highest BCUT2D eigenvalue weighted by molar-refractivity contribution is 5.77. The van der Waals surface area contributed by atoms with Crippen molar-refractivity contribution in [2.75, 3.05) is 7.05 Å². The van der Waals surface area contributed by atoms with Crippen LogP contribution in [0.5, 0.6) is 0 Å². The van der Waals surface area contributed by atoms with E-state index in [-0.39, 0.29) is 12.8 Å². The van der Waals surface area contributed by atoms with Gasteiger partial charge in [0.05, 0.1) is 0 Å². The number of nitrogens with two attached hydrogens (primary N) is 2. The largest absolute Gasteiger partial charge is 0.480 e. The van der Waals surface area contributed by atoms with Gasteiger partial charge in [-0.25, -0.2) is 0 Å². The first kappa shape index (κ1) is 25.8. The number of primary amides is 1. The molecule has 8 heteroatoms. The molecule has 0 aliphatic rings. The molecular weight excluding hydrogens is 374 g/mol. The number of hydrogen-bond donors (Lipinski definition) is 5. The minimum absolute atomic E-state index is 0.0950. The van der Waals surface area contributed by atoms with Crippen LogP contribution >= 0.6 is 0 Å². The van der Waals surface area contributed by atoms with Gasteiger partial charge < -0.3 is 27.0 Å². The number of carboxylic acid groups (broad SMARTS) is 2. The smallest absolute Gasteiger partial charge is 0.320 e. The summed E-state index contributed by atoms with van der Waals surface area (Å²) in [5.74, 6) is -2.41. The van der Waals surface area contributed by atoms with E-state index in [4.69, 9.17) is 21.7 Å². The van der Waals surface area contributed by atoms with Crippen molar-refractivity contribution in [2.24, 2.45) is 11.5 Å². The molecule has 2 unspecified atom stereocenters. The number of carbonyl (C=O) groups excluding carboxylic acids is 1. The lowest BCUT2D eigenvalue weighted by molar-refractivity contribution is -0.140. The van der Waals surface area contributed by atoms with Crippen molar-refractivity contribution in [1.82, 2.24) is 5.32 Å². The molecule has 0 radical (unpaired) electrons. The monoisotopic (exact) mass is 403 g/mol. The third-order valence-electron chi connectivity index (χ3n) is 3.60. The minimum Gasteiger partial charge on any atom is -0.480 e. The molecule has 1 amide bonds. The Bertz CT molecular complexity index is 699. The van der Waals surface area contributed by atoms with Gasteiger partial charge in [0.2, 0.25) is 5.91 Å². The first-order valence-corrected chi connectivity index (χ1v) is 8.96. The second-order valence-electron chi connectivity index (χ2n) is 6.04. The summed E-state index contributed by atoms with van der Waals surface area (Å²) in [6, 6.07) is 19.4. The summed E-state index contributed by atoms with van der Waals surface area (Å²) in [7, 11) is 1.53. The molecule has 2 aromatic rings. The van der Waals surface area contributed by atoms with Crippen molar-refractivity contribution in [1.29, 1.82) is 0 Å². The average molecular weight is 403 g/mol. The molecule has 2 atom stereocenters. The number of rotatable bonds is 7. The summed E-state index contributed by atoms with van der Waals surface area (Å²) in [6.45, 7) is 1.42. The predicted octanol–water partition coefficient (Wildman–Crippen LogP) is 1.70. The van der Waals surface area contributed by atoms with Crippen LogP contribution < -0.4 is 16.8 Å².